The van der Waals surface area contributed by atoms with Crippen LogP contribution in [0, 0.1) is 20.8 Å². The molecule has 8 heteroatoms. The first-order valence-corrected chi connectivity index (χ1v) is 9.72. The molecule has 158 valence electrons. The fraction of sp³-hybridized carbons (Fsp3) is 0.174. The summed E-state index contributed by atoms with van der Waals surface area (Å²) in [5, 5.41) is 6.47. The minimum atomic E-state index is -0.846. The van der Waals surface area contributed by atoms with Crippen molar-refractivity contribution in [2.75, 3.05) is 12.1 Å². The highest BCUT2D eigenvalue weighted by Crippen LogP contribution is 2.34. The summed E-state index contributed by atoms with van der Waals surface area (Å²) in [5.41, 5.74) is 7.53. The number of nitrogens with zero attached hydrogens (tertiary/aromatic N) is 2. The molecule has 2 N–H and O–H groups in total. The van der Waals surface area contributed by atoms with Crippen LogP contribution in [0.4, 0.5) is 5.69 Å². The van der Waals surface area contributed by atoms with Crippen LogP contribution in [-0.2, 0) is 9.59 Å². The van der Waals surface area contributed by atoms with Crippen molar-refractivity contribution in [3.05, 3.63) is 71.0 Å². The van der Waals surface area contributed by atoms with Crippen LogP contribution in [0.15, 0.2) is 53.6 Å². The van der Waals surface area contributed by atoms with Crippen molar-refractivity contribution in [3.63, 3.8) is 0 Å². The SMILES string of the molecule is Cc1ccc(NC(=O)C(=O)N/N=C\c2cc(C)n(-c3ccc4c(c3)OCO4)c2C)cc1. The number of ether oxygens (including phenoxy) is 2. The summed E-state index contributed by atoms with van der Waals surface area (Å²) in [5.74, 6) is -0.208. The van der Waals surface area contributed by atoms with Crippen LogP contribution in [0.3, 0.4) is 0 Å². The molecule has 2 heterocycles. The maximum atomic E-state index is 12.0. The third kappa shape index (κ3) is 4.28. The first-order chi connectivity index (χ1) is 14.9. The van der Waals surface area contributed by atoms with Crippen LogP contribution < -0.4 is 20.2 Å². The number of benzene rings is 2. The molecule has 0 radical (unpaired) electrons. The lowest BCUT2D eigenvalue weighted by Gasteiger charge is -2.10. The largest absolute Gasteiger partial charge is 0.454 e. The predicted molar refractivity (Wildman–Crippen MR) is 117 cm³/mol. The zero-order valence-corrected chi connectivity index (χ0v) is 17.4. The molecule has 1 aliphatic rings. The Morgan fingerprint density at radius 1 is 0.968 bits per heavy atom. The van der Waals surface area contributed by atoms with Crippen molar-refractivity contribution < 1.29 is 19.1 Å². The van der Waals surface area contributed by atoms with Gasteiger partial charge in [-0.3, -0.25) is 9.59 Å². The molecule has 0 saturated carbocycles. The second-order valence-electron chi connectivity index (χ2n) is 7.22. The molecule has 0 bridgehead atoms. The van der Waals surface area contributed by atoms with Gasteiger partial charge in [0.15, 0.2) is 11.5 Å². The quantitative estimate of drug-likeness (QED) is 0.386. The van der Waals surface area contributed by atoms with Gasteiger partial charge in [0, 0.05) is 34.4 Å². The van der Waals surface area contributed by atoms with Crippen LogP contribution in [0.1, 0.15) is 22.5 Å². The predicted octanol–water partition coefficient (Wildman–Crippen LogP) is 3.22. The van der Waals surface area contributed by atoms with Crippen molar-refractivity contribution in [2.45, 2.75) is 20.8 Å². The summed E-state index contributed by atoms with van der Waals surface area (Å²) >= 11 is 0. The van der Waals surface area contributed by atoms with Gasteiger partial charge in [0.05, 0.1) is 6.21 Å². The zero-order chi connectivity index (χ0) is 22.0. The summed E-state index contributed by atoms with van der Waals surface area (Å²) < 4.78 is 12.9. The highest BCUT2D eigenvalue weighted by molar-refractivity contribution is 6.39. The van der Waals surface area contributed by atoms with Crippen LogP contribution in [0.5, 0.6) is 11.5 Å². The van der Waals surface area contributed by atoms with Gasteiger partial charge in [-0.25, -0.2) is 5.43 Å². The van der Waals surface area contributed by atoms with Gasteiger partial charge < -0.3 is 19.4 Å². The van der Waals surface area contributed by atoms with Gasteiger partial charge in [0.1, 0.15) is 0 Å². The lowest BCUT2D eigenvalue weighted by Crippen LogP contribution is -2.32. The standard InChI is InChI=1S/C23H22N4O4/c1-14-4-6-18(7-5-14)25-22(28)23(29)26-24-12-17-10-15(2)27(16(17)3)19-8-9-20-21(11-19)31-13-30-20/h4-12H,13H2,1-3H3,(H,25,28)(H,26,29)/b24-12-. The van der Waals surface area contributed by atoms with E-state index < -0.39 is 11.8 Å². The molecule has 0 aliphatic carbocycles. The van der Waals surface area contributed by atoms with E-state index in [0.717, 1.165) is 34.0 Å². The number of amides is 2. The number of nitrogens with one attached hydrogen (secondary N) is 2. The number of rotatable bonds is 4. The van der Waals surface area contributed by atoms with E-state index in [-0.39, 0.29) is 6.79 Å². The molecule has 1 aliphatic heterocycles. The Bertz CT molecular complexity index is 1180. The molecule has 4 rings (SSSR count). The lowest BCUT2D eigenvalue weighted by atomic mass is 10.2. The van der Waals surface area contributed by atoms with E-state index >= 15 is 0 Å². The van der Waals surface area contributed by atoms with E-state index in [0.29, 0.717) is 11.4 Å². The van der Waals surface area contributed by atoms with Crippen molar-refractivity contribution in [1.29, 1.82) is 0 Å². The molecule has 2 aromatic carbocycles. The van der Waals surface area contributed by atoms with E-state index in [4.69, 9.17) is 9.47 Å². The Labute approximate surface area is 179 Å². The average Bonchev–Trinajstić information content (AvgIpc) is 3.33. The van der Waals surface area contributed by atoms with Crippen LogP contribution >= 0.6 is 0 Å². The van der Waals surface area contributed by atoms with Gasteiger partial charge in [-0.2, -0.15) is 5.10 Å². The number of carbonyl (C=O) groups is 2. The van der Waals surface area contributed by atoms with Gasteiger partial charge in [-0.15, -0.1) is 0 Å². The summed E-state index contributed by atoms with van der Waals surface area (Å²) in [6, 6.07) is 14.8. The summed E-state index contributed by atoms with van der Waals surface area (Å²) in [6.07, 6.45) is 1.52. The first kappa shape index (κ1) is 20.2. The van der Waals surface area contributed by atoms with E-state index in [1.807, 2.05) is 57.2 Å². The molecule has 0 fully saturated rings. The molecule has 0 saturated heterocycles. The fourth-order valence-electron chi connectivity index (χ4n) is 3.38. The van der Waals surface area contributed by atoms with Gasteiger partial charge in [0.2, 0.25) is 6.79 Å². The number of aryl methyl sites for hydroxylation is 2. The molecule has 0 spiro atoms. The normalized spacial score (nSPS) is 12.2. The molecule has 1 aromatic heterocycles. The smallest absolute Gasteiger partial charge is 0.329 e. The highest BCUT2D eigenvalue weighted by atomic mass is 16.7. The second-order valence-corrected chi connectivity index (χ2v) is 7.22. The Hall–Kier alpha value is -4.07. The molecular formula is C23H22N4O4. The maximum absolute atomic E-state index is 12.0. The summed E-state index contributed by atoms with van der Waals surface area (Å²) in [7, 11) is 0. The van der Waals surface area contributed by atoms with Gasteiger partial charge in [-0.1, -0.05) is 17.7 Å². The number of hydrazone groups is 1. The number of hydrogen-bond acceptors (Lipinski definition) is 5. The Morgan fingerprint density at radius 2 is 1.71 bits per heavy atom. The Kier molecular flexibility index (Phi) is 5.44. The molecular weight excluding hydrogens is 396 g/mol. The minimum Gasteiger partial charge on any atom is -0.454 e. The maximum Gasteiger partial charge on any atom is 0.329 e. The summed E-state index contributed by atoms with van der Waals surface area (Å²) in [6.45, 7) is 6.08. The van der Waals surface area contributed by atoms with Crippen molar-refractivity contribution in [3.8, 4) is 17.2 Å². The topological polar surface area (TPSA) is 94.0 Å². The van der Waals surface area contributed by atoms with Crippen LogP contribution in [0.25, 0.3) is 5.69 Å². The van der Waals surface area contributed by atoms with Gasteiger partial charge >= 0.3 is 11.8 Å². The number of aromatic nitrogens is 1. The fourth-order valence-corrected chi connectivity index (χ4v) is 3.38. The number of anilines is 1. The second kappa shape index (κ2) is 8.35. The zero-order valence-electron chi connectivity index (χ0n) is 17.4. The van der Waals surface area contributed by atoms with E-state index in [1.165, 1.54) is 6.21 Å². The Balaban J connectivity index is 1.43. The first-order valence-electron chi connectivity index (χ1n) is 9.72. The Morgan fingerprint density at radius 3 is 2.48 bits per heavy atom. The molecule has 8 nitrogen and oxygen atoms in total. The molecule has 0 atom stereocenters. The van der Waals surface area contributed by atoms with Crippen molar-refractivity contribution in [2.24, 2.45) is 5.10 Å². The lowest BCUT2D eigenvalue weighted by molar-refractivity contribution is -0.136. The molecule has 31 heavy (non-hydrogen) atoms. The summed E-state index contributed by atoms with van der Waals surface area (Å²) in [4.78, 5) is 24.0. The minimum absolute atomic E-state index is 0.220. The van der Waals surface area contributed by atoms with E-state index in [1.54, 1.807) is 12.1 Å². The van der Waals surface area contributed by atoms with E-state index in [2.05, 4.69) is 20.4 Å². The highest BCUT2D eigenvalue weighted by Gasteiger charge is 2.17. The van der Waals surface area contributed by atoms with Crippen molar-refractivity contribution >= 4 is 23.7 Å². The van der Waals surface area contributed by atoms with Crippen molar-refractivity contribution in [1.82, 2.24) is 9.99 Å². The molecule has 0 unspecified atom stereocenters. The van der Waals surface area contributed by atoms with Crippen LogP contribution in [-0.4, -0.2) is 29.4 Å². The molecule has 2 amide bonds. The van der Waals surface area contributed by atoms with E-state index in [9.17, 15) is 9.59 Å². The van der Waals surface area contributed by atoms with Crippen LogP contribution in [0.2, 0.25) is 0 Å². The number of hydrogen-bond donors (Lipinski definition) is 2. The van der Waals surface area contributed by atoms with Gasteiger partial charge in [-0.05, 0) is 51.1 Å². The third-order valence-electron chi connectivity index (χ3n) is 4.97. The average molecular weight is 418 g/mol. The van der Waals surface area contributed by atoms with Gasteiger partial charge in [0.25, 0.3) is 0 Å². The molecule has 3 aromatic rings. The number of carbonyl (C=O) groups excluding carboxylic acids is 2. The third-order valence-corrected chi connectivity index (χ3v) is 4.97. The monoisotopic (exact) mass is 418 g/mol. The number of fused-ring (bicyclic) bond motifs is 1.